The van der Waals surface area contributed by atoms with E-state index in [1.807, 2.05) is 26.0 Å². The van der Waals surface area contributed by atoms with Crippen LogP contribution in [0.2, 0.25) is 0 Å². The van der Waals surface area contributed by atoms with Crippen LogP contribution in [0.1, 0.15) is 77.1 Å². The molecule has 1 fully saturated rings. The van der Waals surface area contributed by atoms with E-state index in [1.54, 1.807) is 48.5 Å². The molecule has 0 aliphatic carbocycles. The van der Waals surface area contributed by atoms with Crippen molar-refractivity contribution >= 4 is 29.0 Å². The molecule has 1 aliphatic rings. The molecular weight excluding hydrogens is 646 g/mol. The van der Waals surface area contributed by atoms with Gasteiger partial charge >= 0.3 is 11.9 Å². The standard InChI is InChI=1S/C37H45N3O10/c1-3-5-23-47-35(41)33-34(36(42)48-24-6-4-2)50-37(49-33)27-11-19-31(20-12-27)45-25-9-7-8-10-26-46-32-21-15-29(16-22-32)39-38-28-13-17-30(18-14-28)40(43)44/h11-22,33-34,37H,3-10,23-26H2,1-2H3/t33-,34-/m1/s1. The Bertz CT molecular complexity index is 1480. The molecule has 0 unspecified atom stereocenters. The Morgan fingerprint density at radius 1 is 0.640 bits per heavy atom. The zero-order valence-electron chi connectivity index (χ0n) is 28.6. The Labute approximate surface area is 292 Å². The third-order valence-corrected chi connectivity index (χ3v) is 7.67. The average Bonchev–Trinajstić information content (AvgIpc) is 3.59. The van der Waals surface area contributed by atoms with Gasteiger partial charge in [-0.25, -0.2) is 9.59 Å². The smallest absolute Gasteiger partial charge is 0.338 e. The molecule has 1 aliphatic heterocycles. The van der Waals surface area contributed by atoms with Gasteiger partial charge in [0.1, 0.15) is 11.5 Å². The van der Waals surface area contributed by atoms with E-state index in [4.69, 9.17) is 28.4 Å². The Morgan fingerprint density at radius 3 is 1.52 bits per heavy atom. The number of ether oxygens (including phenoxy) is 6. The number of benzene rings is 3. The number of azo groups is 1. The molecule has 50 heavy (non-hydrogen) atoms. The number of nitro benzene ring substituents is 1. The van der Waals surface area contributed by atoms with Crippen molar-refractivity contribution in [3.63, 3.8) is 0 Å². The number of nitrogens with zero attached hydrogens (tertiary/aromatic N) is 3. The number of carbonyl (C=O) groups is 2. The number of carbonyl (C=O) groups excluding carboxylic acids is 2. The monoisotopic (exact) mass is 691 g/mol. The zero-order chi connectivity index (χ0) is 35.6. The van der Waals surface area contributed by atoms with Crippen LogP contribution in [0.3, 0.4) is 0 Å². The maximum absolute atomic E-state index is 12.7. The number of unbranched alkanes of at least 4 members (excludes halogenated alkanes) is 5. The number of esters is 2. The van der Waals surface area contributed by atoms with Crippen LogP contribution in [0.15, 0.2) is 83.0 Å². The van der Waals surface area contributed by atoms with Crippen LogP contribution in [0.4, 0.5) is 17.1 Å². The maximum Gasteiger partial charge on any atom is 0.338 e. The molecule has 0 spiro atoms. The molecule has 13 heteroatoms. The van der Waals surface area contributed by atoms with Crippen LogP contribution in [0.5, 0.6) is 11.5 Å². The van der Waals surface area contributed by atoms with Gasteiger partial charge in [-0.3, -0.25) is 10.1 Å². The van der Waals surface area contributed by atoms with E-state index in [0.29, 0.717) is 48.7 Å². The highest BCUT2D eigenvalue weighted by molar-refractivity contribution is 5.86. The van der Waals surface area contributed by atoms with Crippen LogP contribution in [-0.4, -0.2) is 55.5 Å². The molecule has 0 saturated carbocycles. The summed E-state index contributed by atoms with van der Waals surface area (Å²) in [4.78, 5) is 35.7. The first-order valence-electron chi connectivity index (χ1n) is 17.1. The van der Waals surface area contributed by atoms with Gasteiger partial charge in [-0.15, -0.1) is 0 Å². The van der Waals surface area contributed by atoms with Crippen molar-refractivity contribution < 1.29 is 42.9 Å². The minimum absolute atomic E-state index is 0.00553. The minimum Gasteiger partial charge on any atom is -0.494 e. The van der Waals surface area contributed by atoms with E-state index >= 15 is 0 Å². The summed E-state index contributed by atoms with van der Waals surface area (Å²) < 4.78 is 34.1. The molecule has 0 radical (unpaired) electrons. The van der Waals surface area contributed by atoms with Crippen molar-refractivity contribution in [1.82, 2.24) is 0 Å². The first-order chi connectivity index (χ1) is 24.4. The highest BCUT2D eigenvalue weighted by Gasteiger charge is 2.47. The van der Waals surface area contributed by atoms with Gasteiger partial charge in [0, 0.05) is 17.7 Å². The number of nitro groups is 1. The largest absolute Gasteiger partial charge is 0.494 e. The lowest BCUT2D eigenvalue weighted by molar-refractivity contribution is -0.384. The predicted molar refractivity (Wildman–Crippen MR) is 184 cm³/mol. The van der Waals surface area contributed by atoms with Gasteiger partial charge in [-0.05, 0) is 87.1 Å². The quantitative estimate of drug-likeness (QED) is 0.0349. The second-order valence-electron chi connectivity index (χ2n) is 11.6. The maximum atomic E-state index is 12.7. The Hall–Kier alpha value is -4.88. The average molecular weight is 692 g/mol. The molecule has 0 bridgehead atoms. The van der Waals surface area contributed by atoms with Gasteiger partial charge in [-0.1, -0.05) is 38.8 Å². The third kappa shape index (κ3) is 12.2. The molecule has 0 N–H and O–H groups in total. The Morgan fingerprint density at radius 2 is 1.08 bits per heavy atom. The lowest BCUT2D eigenvalue weighted by Crippen LogP contribution is -2.39. The summed E-state index contributed by atoms with van der Waals surface area (Å²) in [5.41, 5.74) is 1.82. The highest BCUT2D eigenvalue weighted by atomic mass is 16.8. The number of hydrogen-bond donors (Lipinski definition) is 0. The molecular formula is C37H45N3O10. The molecule has 1 heterocycles. The highest BCUT2D eigenvalue weighted by Crippen LogP contribution is 2.34. The second-order valence-corrected chi connectivity index (χ2v) is 11.6. The van der Waals surface area contributed by atoms with Crippen LogP contribution < -0.4 is 9.47 Å². The SMILES string of the molecule is CCCCOC(=O)[C@@H]1OC(c2ccc(OCCCCCCOc3ccc(N=Nc4ccc([N+](=O)[O-])cc4)cc3)cc2)O[C@H]1C(=O)OCCCC. The van der Waals surface area contributed by atoms with Crippen LogP contribution in [0, 0.1) is 10.1 Å². The normalized spacial score (nSPS) is 16.0. The van der Waals surface area contributed by atoms with E-state index in [0.717, 1.165) is 44.3 Å². The predicted octanol–water partition coefficient (Wildman–Crippen LogP) is 8.50. The molecule has 3 aromatic carbocycles. The molecule has 13 nitrogen and oxygen atoms in total. The zero-order valence-corrected chi connectivity index (χ0v) is 28.6. The topological polar surface area (TPSA) is 157 Å². The van der Waals surface area contributed by atoms with E-state index in [-0.39, 0.29) is 18.9 Å². The van der Waals surface area contributed by atoms with Crippen molar-refractivity contribution in [2.24, 2.45) is 10.2 Å². The molecule has 4 rings (SSSR count). The van der Waals surface area contributed by atoms with Crippen LogP contribution >= 0.6 is 0 Å². The lowest BCUT2D eigenvalue weighted by Gasteiger charge is -2.14. The minimum atomic E-state index is -1.20. The lowest BCUT2D eigenvalue weighted by atomic mass is 10.2. The van der Waals surface area contributed by atoms with Crippen molar-refractivity contribution in [2.75, 3.05) is 26.4 Å². The molecule has 0 aromatic heterocycles. The molecule has 2 atom stereocenters. The number of non-ortho nitro benzene ring substituents is 1. The summed E-state index contributed by atoms with van der Waals surface area (Å²) in [5, 5.41) is 19.0. The Kier molecular flexibility index (Phi) is 15.6. The fourth-order valence-electron chi connectivity index (χ4n) is 4.78. The van der Waals surface area contributed by atoms with Crippen LogP contribution in [0.25, 0.3) is 0 Å². The van der Waals surface area contributed by atoms with Crippen LogP contribution in [-0.2, 0) is 28.5 Å². The summed E-state index contributed by atoms with van der Waals surface area (Å²) in [6.07, 6.45) is 3.61. The van der Waals surface area contributed by atoms with E-state index in [9.17, 15) is 19.7 Å². The summed E-state index contributed by atoms with van der Waals surface area (Å²) in [6.45, 7) is 5.63. The van der Waals surface area contributed by atoms with Crippen molar-refractivity contribution in [3.8, 4) is 11.5 Å². The van der Waals surface area contributed by atoms with E-state index < -0.39 is 35.4 Å². The van der Waals surface area contributed by atoms with Gasteiger partial charge in [0.05, 0.1) is 42.7 Å². The fourth-order valence-corrected chi connectivity index (χ4v) is 4.78. The van der Waals surface area contributed by atoms with Gasteiger partial charge in [0.15, 0.2) is 18.5 Å². The van der Waals surface area contributed by atoms with Gasteiger partial charge in [0.2, 0.25) is 0 Å². The van der Waals surface area contributed by atoms with Gasteiger partial charge in [-0.2, -0.15) is 10.2 Å². The number of rotatable bonds is 21. The van der Waals surface area contributed by atoms with E-state index in [1.165, 1.54) is 12.1 Å². The van der Waals surface area contributed by atoms with Gasteiger partial charge in [0.25, 0.3) is 5.69 Å². The van der Waals surface area contributed by atoms with E-state index in [2.05, 4.69) is 10.2 Å². The molecule has 268 valence electrons. The first kappa shape index (κ1) is 37.9. The van der Waals surface area contributed by atoms with Crippen molar-refractivity contribution in [3.05, 3.63) is 88.5 Å². The van der Waals surface area contributed by atoms with Gasteiger partial charge < -0.3 is 28.4 Å². The van der Waals surface area contributed by atoms with Crippen molar-refractivity contribution in [1.29, 1.82) is 0 Å². The molecule has 3 aromatic rings. The Balaban J connectivity index is 1.12. The first-order valence-corrected chi connectivity index (χ1v) is 17.1. The summed E-state index contributed by atoms with van der Waals surface area (Å²) in [7, 11) is 0. The summed E-state index contributed by atoms with van der Waals surface area (Å²) in [5.74, 6) is 0.158. The summed E-state index contributed by atoms with van der Waals surface area (Å²) >= 11 is 0. The number of hydrogen-bond acceptors (Lipinski definition) is 12. The fraction of sp³-hybridized carbons (Fsp3) is 0.459. The second kappa shape index (κ2) is 20.6. The summed E-state index contributed by atoms with van der Waals surface area (Å²) in [6, 6.07) is 20.3. The molecule has 0 amide bonds. The third-order valence-electron chi connectivity index (χ3n) is 7.67. The van der Waals surface area contributed by atoms with Crippen molar-refractivity contribution in [2.45, 2.75) is 83.7 Å². The molecule has 1 saturated heterocycles.